The zero-order valence-electron chi connectivity index (χ0n) is 38.0. The molecule has 0 unspecified atom stereocenters. The molecule has 0 aliphatic heterocycles. The number of rotatable bonds is 11. The van der Waals surface area contributed by atoms with Crippen LogP contribution in [-0.4, -0.2) is 0 Å². The average molecular weight is 882 g/mol. The third-order valence-corrected chi connectivity index (χ3v) is 13.1. The Kier molecular flexibility index (Phi) is 10.9. The summed E-state index contributed by atoms with van der Waals surface area (Å²) in [5, 5.41) is 7.19. The molecule has 69 heavy (non-hydrogen) atoms. The summed E-state index contributed by atoms with van der Waals surface area (Å²) in [4.78, 5) is 6.99. The van der Waals surface area contributed by atoms with Gasteiger partial charge in [-0.3, -0.25) is 0 Å². The van der Waals surface area contributed by atoms with E-state index in [4.69, 9.17) is 0 Å². The fourth-order valence-corrected chi connectivity index (χ4v) is 9.68. The molecule has 0 fully saturated rings. The molecule has 0 aliphatic carbocycles. The minimum absolute atomic E-state index is 1.10. The van der Waals surface area contributed by atoms with E-state index in [1.54, 1.807) is 0 Å². The Balaban J connectivity index is 0.858. The van der Waals surface area contributed by atoms with Gasteiger partial charge in [-0.05, 0) is 176 Å². The van der Waals surface area contributed by atoms with E-state index in [0.717, 1.165) is 51.2 Å². The Morgan fingerprint density at radius 2 is 0.377 bits per heavy atom. The van der Waals surface area contributed by atoms with E-state index in [2.05, 4.69) is 300 Å². The van der Waals surface area contributed by atoms with Crippen molar-refractivity contribution in [3.05, 3.63) is 285 Å². The van der Waals surface area contributed by atoms with Crippen LogP contribution in [0.5, 0.6) is 0 Å². The molecule has 0 aromatic heterocycles. The normalized spacial score (nSPS) is 11.2. The van der Waals surface area contributed by atoms with Gasteiger partial charge in [0.2, 0.25) is 0 Å². The van der Waals surface area contributed by atoms with Gasteiger partial charge in [-0.25, -0.2) is 0 Å². The second kappa shape index (κ2) is 18.2. The molecule has 3 nitrogen and oxygen atoms in total. The first-order valence-electron chi connectivity index (χ1n) is 23.6. The number of fused-ring (bicyclic) bond motifs is 3. The van der Waals surface area contributed by atoms with Crippen molar-refractivity contribution in [2.45, 2.75) is 0 Å². The Labute approximate surface area is 403 Å². The van der Waals surface area contributed by atoms with Gasteiger partial charge in [0.05, 0.1) is 0 Å². The van der Waals surface area contributed by atoms with Gasteiger partial charge in [0.25, 0.3) is 0 Å². The van der Waals surface area contributed by atoms with Gasteiger partial charge in [0.1, 0.15) is 0 Å². The van der Waals surface area contributed by atoms with E-state index in [1.165, 1.54) is 54.6 Å². The largest absolute Gasteiger partial charge is 0.311 e. The molecule has 0 atom stereocenters. The number of nitrogens with zero attached hydrogens (tertiary/aromatic N) is 3. The van der Waals surface area contributed by atoms with E-state index in [9.17, 15) is 0 Å². The molecular weight excluding hydrogens is 835 g/mol. The molecule has 0 N–H and O–H groups in total. The van der Waals surface area contributed by atoms with Gasteiger partial charge in [0, 0.05) is 51.2 Å². The highest BCUT2D eigenvalue weighted by molar-refractivity contribution is 5.97. The van der Waals surface area contributed by atoms with Crippen LogP contribution in [0.2, 0.25) is 0 Å². The predicted molar refractivity (Wildman–Crippen MR) is 294 cm³/mol. The van der Waals surface area contributed by atoms with Crippen molar-refractivity contribution in [3.8, 4) is 22.3 Å². The molecule has 0 spiro atoms. The van der Waals surface area contributed by atoms with Crippen molar-refractivity contribution in [1.29, 1.82) is 0 Å². The highest BCUT2D eigenvalue weighted by Gasteiger charge is 2.17. The molecule has 12 rings (SSSR count). The maximum absolute atomic E-state index is 2.39. The molecule has 0 saturated heterocycles. The SMILES string of the molecule is c1ccc(N(c2ccccc2)c2ccc(-c3ccc4cc(N(c5ccc6ccccc6c5)c5ccc6cc(-c7ccc(N(c8ccccc8)c8ccccc8)cc7)ccc6c5)ccc4c3)cc2)cc1. The second-order valence-corrected chi connectivity index (χ2v) is 17.5. The number of benzene rings is 12. The van der Waals surface area contributed by atoms with Gasteiger partial charge in [-0.1, -0.05) is 164 Å². The van der Waals surface area contributed by atoms with Crippen LogP contribution in [0.25, 0.3) is 54.6 Å². The van der Waals surface area contributed by atoms with Crippen molar-refractivity contribution in [1.82, 2.24) is 0 Å². The number of hydrogen-bond donors (Lipinski definition) is 0. The maximum Gasteiger partial charge on any atom is 0.0468 e. The third-order valence-electron chi connectivity index (χ3n) is 13.1. The van der Waals surface area contributed by atoms with Gasteiger partial charge in [-0.15, -0.1) is 0 Å². The summed E-state index contributed by atoms with van der Waals surface area (Å²) in [6.45, 7) is 0. The monoisotopic (exact) mass is 881 g/mol. The quantitative estimate of drug-likeness (QED) is 0.128. The van der Waals surface area contributed by atoms with Crippen LogP contribution in [0.4, 0.5) is 51.2 Å². The predicted octanol–water partition coefficient (Wildman–Crippen LogP) is 18.9. The first kappa shape index (κ1) is 41.3. The Bertz CT molecular complexity index is 3420. The topological polar surface area (TPSA) is 9.72 Å². The van der Waals surface area contributed by atoms with E-state index >= 15 is 0 Å². The summed E-state index contributed by atoms with van der Waals surface area (Å²) >= 11 is 0. The summed E-state index contributed by atoms with van der Waals surface area (Å²) in [6, 6.07) is 103. The fraction of sp³-hybridized carbons (Fsp3) is 0. The molecule has 0 radical (unpaired) electrons. The van der Waals surface area contributed by atoms with Crippen molar-refractivity contribution < 1.29 is 0 Å². The van der Waals surface area contributed by atoms with Crippen LogP contribution in [0.3, 0.4) is 0 Å². The molecule has 12 aromatic rings. The first-order valence-corrected chi connectivity index (χ1v) is 23.6. The number of para-hydroxylation sites is 4. The maximum atomic E-state index is 2.39. The fourth-order valence-electron chi connectivity index (χ4n) is 9.68. The van der Waals surface area contributed by atoms with Crippen LogP contribution in [0.15, 0.2) is 285 Å². The van der Waals surface area contributed by atoms with Gasteiger partial charge in [0.15, 0.2) is 0 Å². The average Bonchev–Trinajstić information content (AvgIpc) is 3.42. The molecule has 3 heteroatoms. The number of hydrogen-bond acceptors (Lipinski definition) is 3. The standard InChI is InChI=1S/C66H47N3/c1-5-17-58(18-6-1)67(59-19-7-2-8-20-59)62-36-29-49(30-37-62)52-25-27-56-46-65(41-34-54(56)43-52)69(64-40-33-48-15-13-14-16-51(48)45-64)66-42-35-55-44-53(26-28-57(55)47-66)50-31-38-63(39-32-50)68(60-21-9-3-10-22-60)61-23-11-4-12-24-61/h1-47H. The lowest BCUT2D eigenvalue weighted by molar-refractivity contribution is 1.28. The van der Waals surface area contributed by atoms with E-state index in [0.29, 0.717) is 0 Å². The van der Waals surface area contributed by atoms with Crippen molar-refractivity contribution in [3.63, 3.8) is 0 Å². The zero-order chi connectivity index (χ0) is 45.9. The molecule has 0 saturated carbocycles. The molecular formula is C66H47N3. The molecule has 0 heterocycles. The van der Waals surface area contributed by atoms with Gasteiger partial charge >= 0.3 is 0 Å². The van der Waals surface area contributed by atoms with Crippen molar-refractivity contribution in [2.24, 2.45) is 0 Å². The van der Waals surface area contributed by atoms with Crippen LogP contribution >= 0.6 is 0 Å². The number of anilines is 9. The van der Waals surface area contributed by atoms with E-state index < -0.39 is 0 Å². The van der Waals surface area contributed by atoms with Crippen LogP contribution < -0.4 is 14.7 Å². The van der Waals surface area contributed by atoms with Gasteiger partial charge < -0.3 is 14.7 Å². The summed E-state index contributed by atoms with van der Waals surface area (Å²) in [7, 11) is 0. The smallest absolute Gasteiger partial charge is 0.0468 e. The lowest BCUT2D eigenvalue weighted by Crippen LogP contribution is -2.10. The summed E-state index contributed by atoms with van der Waals surface area (Å²) in [6.07, 6.45) is 0. The lowest BCUT2D eigenvalue weighted by Gasteiger charge is -2.27. The molecule has 0 aliphatic rings. The van der Waals surface area contributed by atoms with Crippen LogP contribution in [0, 0.1) is 0 Å². The van der Waals surface area contributed by atoms with Crippen LogP contribution in [-0.2, 0) is 0 Å². The summed E-state index contributed by atoms with van der Waals surface area (Å²) in [5.41, 5.74) is 14.8. The Morgan fingerprint density at radius 3 is 0.754 bits per heavy atom. The van der Waals surface area contributed by atoms with Crippen molar-refractivity contribution >= 4 is 83.5 Å². The summed E-state index contributed by atoms with van der Waals surface area (Å²) < 4.78 is 0. The minimum Gasteiger partial charge on any atom is -0.311 e. The van der Waals surface area contributed by atoms with Gasteiger partial charge in [-0.2, -0.15) is 0 Å². The first-order chi connectivity index (χ1) is 34.2. The molecule has 326 valence electrons. The highest BCUT2D eigenvalue weighted by Crippen LogP contribution is 2.41. The lowest BCUT2D eigenvalue weighted by atomic mass is 9.99. The summed E-state index contributed by atoms with van der Waals surface area (Å²) in [5.74, 6) is 0. The Morgan fingerprint density at radius 1 is 0.145 bits per heavy atom. The Hall–Kier alpha value is -9.18. The van der Waals surface area contributed by atoms with Crippen molar-refractivity contribution in [2.75, 3.05) is 14.7 Å². The van der Waals surface area contributed by atoms with E-state index in [-0.39, 0.29) is 0 Å². The highest BCUT2D eigenvalue weighted by atomic mass is 15.2. The van der Waals surface area contributed by atoms with Crippen LogP contribution in [0.1, 0.15) is 0 Å². The minimum atomic E-state index is 1.10. The molecule has 0 bridgehead atoms. The second-order valence-electron chi connectivity index (χ2n) is 17.5. The third kappa shape index (κ3) is 8.35. The zero-order valence-corrected chi connectivity index (χ0v) is 38.0. The van der Waals surface area contributed by atoms with E-state index in [1.807, 2.05) is 0 Å². The molecule has 12 aromatic carbocycles. The molecule has 0 amide bonds.